The van der Waals surface area contributed by atoms with Gasteiger partial charge < -0.3 is 11.1 Å². The fraction of sp³-hybridized carbons (Fsp3) is 0.182. The van der Waals surface area contributed by atoms with E-state index in [1.54, 1.807) is 37.6 Å². The number of aldehydes is 1. The number of hydrogen-bond donors (Lipinski definition) is 2. The molecule has 1 aliphatic rings. The molecule has 2 aromatic heterocycles. The van der Waals surface area contributed by atoms with Crippen molar-refractivity contribution in [3.05, 3.63) is 65.1 Å². The average Bonchev–Trinajstić information content (AvgIpc) is 3.54. The molecule has 3 N–H and O–H groups in total. The van der Waals surface area contributed by atoms with Crippen molar-refractivity contribution in [2.45, 2.75) is 18.3 Å². The number of nitrogens with one attached hydrogen (secondary N) is 1. The molecule has 0 saturated heterocycles. The number of nitrogens with zero attached hydrogens (tertiary/aromatic N) is 2. The number of rotatable bonds is 4. The number of fused-ring (bicyclic) bond motifs is 1. The van der Waals surface area contributed by atoms with E-state index >= 15 is 0 Å². The zero-order valence-electron chi connectivity index (χ0n) is 15.3. The number of aromatic nitrogens is 2. The lowest BCUT2D eigenvalue weighted by atomic mass is 9.97. The summed E-state index contributed by atoms with van der Waals surface area (Å²) < 4.78 is 0. The topological polar surface area (TPSA) is 98.0 Å². The highest BCUT2D eigenvalue weighted by atomic mass is 16.1. The molecule has 0 atom stereocenters. The van der Waals surface area contributed by atoms with Gasteiger partial charge in [0.25, 0.3) is 0 Å². The third kappa shape index (κ3) is 2.87. The van der Waals surface area contributed by atoms with Gasteiger partial charge in [-0.1, -0.05) is 30.0 Å². The van der Waals surface area contributed by atoms with Crippen molar-refractivity contribution in [3.63, 3.8) is 0 Å². The van der Waals surface area contributed by atoms with E-state index in [0.717, 1.165) is 17.1 Å². The number of amides is 1. The second-order valence-corrected chi connectivity index (χ2v) is 6.79. The molecule has 2 heterocycles. The van der Waals surface area contributed by atoms with Crippen LogP contribution in [-0.4, -0.2) is 29.2 Å². The first kappa shape index (κ1) is 17.7. The van der Waals surface area contributed by atoms with Crippen molar-refractivity contribution < 1.29 is 9.59 Å². The molecule has 4 rings (SSSR count). The number of hydrogen-bond acceptors (Lipinski definition) is 5. The number of anilines is 1. The Morgan fingerprint density at radius 1 is 1.14 bits per heavy atom. The summed E-state index contributed by atoms with van der Waals surface area (Å²) in [5.74, 6) is 6.49. The van der Waals surface area contributed by atoms with Gasteiger partial charge in [0.2, 0.25) is 5.91 Å². The molecule has 6 heteroatoms. The Morgan fingerprint density at radius 2 is 1.89 bits per heavy atom. The van der Waals surface area contributed by atoms with Gasteiger partial charge in [0.15, 0.2) is 6.29 Å². The first-order valence-electron chi connectivity index (χ1n) is 8.92. The molecule has 3 aromatic rings. The second kappa shape index (κ2) is 6.78. The molecule has 1 aliphatic carbocycles. The van der Waals surface area contributed by atoms with Gasteiger partial charge in [-0.05, 0) is 25.0 Å². The summed E-state index contributed by atoms with van der Waals surface area (Å²) in [6.07, 6.45) is 5.59. The molecule has 6 nitrogen and oxygen atoms in total. The smallest absolute Gasteiger partial charge is 0.229 e. The Hall–Kier alpha value is -3.72. The molecule has 138 valence electrons. The molecule has 0 spiro atoms. The molecule has 0 aliphatic heterocycles. The number of benzene rings is 1. The molecule has 0 bridgehead atoms. The van der Waals surface area contributed by atoms with Crippen molar-refractivity contribution in [2.24, 2.45) is 5.73 Å². The van der Waals surface area contributed by atoms with Crippen molar-refractivity contribution in [1.29, 1.82) is 0 Å². The number of carbonyl (C=O) groups excluding carboxylic acids is 2. The first-order valence-corrected chi connectivity index (χ1v) is 8.92. The van der Waals surface area contributed by atoms with E-state index in [4.69, 9.17) is 5.73 Å². The lowest BCUT2D eigenvalue weighted by Gasteiger charge is -2.13. The fourth-order valence-electron chi connectivity index (χ4n) is 3.30. The molecule has 28 heavy (non-hydrogen) atoms. The highest BCUT2D eigenvalue weighted by Gasteiger charge is 2.51. The lowest BCUT2D eigenvalue weighted by molar-refractivity contribution is -0.120. The minimum atomic E-state index is -0.675. The van der Waals surface area contributed by atoms with Crippen LogP contribution in [0.4, 0.5) is 5.82 Å². The summed E-state index contributed by atoms with van der Waals surface area (Å²) in [5.41, 5.74) is 7.47. The van der Waals surface area contributed by atoms with Gasteiger partial charge in [0.05, 0.1) is 16.7 Å². The number of carbonyl (C=O) groups is 2. The SMILES string of the molecule is CNc1ncc(C#Cc2ccccc2C=O)c2cc(C3(C(N)=O)CC3)ncc12. The fourth-order valence-corrected chi connectivity index (χ4v) is 3.30. The molecule has 0 unspecified atom stereocenters. The summed E-state index contributed by atoms with van der Waals surface area (Å²) in [6.45, 7) is 0. The Balaban J connectivity index is 1.88. The van der Waals surface area contributed by atoms with Gasteiger partial charge >= 0.3 is 0 Å². The van der Waals surface area contributed by atoms with Gasteiger partial charge in [-0.2, -0.15) is 0 Å². The van der Waals surface area contributed by atoms with Crippen LogP contribution in [-0.2, 0) is 10.2 Å². The van der Waals surface area contributed by atoms with Gasteiger partial charge in [-0.15, -0.1) is 0 Å². The summed E-state index contributed by atoms with van der Waals surface area (Å²) >= 11 is 0. The second-order valence-electron chi connectivity index (χ2n) is 6.79. The van der Waals surface area contributed by atoms with Crippen LogP contribution in [0.25, 0.3) is 10.8 Å². The average molecular weight is 370 g/mol. The highest BCUT2D eigenvalue weighted by Crippen LogP contribution is 2.47. The standard InChI is InChI=1S/C22H18N4O2/c1-24-20-18-12-25-19(22(8-9-22)21(23)28)10-17(18)15(11-26-20)7-6-14-4-2-3-5-16(14)13-27/h2-5,10-13H,8-9H2,1H3,(H2,23,28)(H,24,26). The zero-order valence-corrected chi connectivity index (χ0v) is 15.3. The number of nitrogens with two attached hydrogens (primary N) is 1. The molecular weight excluding hydrogens is 352 g/mol. The van der Waals surface area contributed by atoms with Crippen LogP contribution in [0.2, 0.25) is 0 Å². The van der Waals surface area contributed by atoms with Crippen LogP contribution in [0.1, 0.15) is 40.0 Å². The number of pyridine rings is 2. The van der Waals surface area contributed by atoms with Crippen LogP contribution < -0.4 is 11.1 Å². The highest BCUT2D eigenvalue weighted by molar-refractivity contribution is 5.97. The largest absolute Gasteiger partial charge is 0.373 e. The quantitative estimate of drug-likeness (QED) is 0.543. The Bertz CT molecular complexity index is 1170. The molecule has 1 saturated carbocycles. The maximum Gasteiger partial charge on any atom is 0.229 e. The third-order valence-electron chi connectivity index (χ3n) is 5.14. The van der Waals surface area contributed by atoms with Crippen molar-refractivity contribution >= 4 is 28.8 Å². The van der Waals surface area contributed by atoms with Crippen LogP contribution in [0, 0.1) is 11.8 Å². The predicted octanol–water partition coefficient (Wildman–Crippen LogP) is 2.40. The van der Waals surface area contributed by atoms with Gasteiger partial charge in [-0.25, -0.2) is 4.98 Å². The maximum atomic E-state index is 11.9. The maximum absolute atomic E-state index is 11.9. The van der Waals surface area contributed by atoms with E-state index in [0.29, 0.717) is 41.0 Å². The van der Waals surface area contributed by atoms with E-state index in [9.17, 15) is 9.59 Å². The van der Waals surface area contributed by atoms with E-state index in [1.807, 2.05) is 12.1 Å². The monoisotopic (exact) mass is 370 g/mol. The molecular formula is C22H18N4O2. The molecule has 1 aromatic carbocycles. The van der Waals surface area contributed by atoms with E-state index in [2.05, 4.69) is 27.1 Å². The van der Waals surface area contributed by atoms with Crippen molar-refractivity contribution in [2.75, 3.05) is 12.4 Å². The Labute approximate surface area is 162 Å². The van der Waals surface area contributed by atoms with E-state index in [1.165, 1.54) is 0 Å². The van der Waals surface area contributed by atoms with Crippen LogP contribution in [0.15, 0.2) is 42.7 Å². The molecule has 1 amide bonds. The normalized spacial score (nSPS) is 14.0. The van der Waals surface area contributed by atoms with Crippen molar-refractivity contribution in [1.82, 2.24) is 9.97 Å². The van der Waals surface area contributed by atoms with Gasteiger partial charge in [-0.3, -0.25) is 14.6 Å². The summed E-state index contributed by atoms with van der Waals surface area (Å²) in [7, 11) is 1.78. The van der Waals surface area contributed by atoms with E-state index in [-0.39, 0.29) is 5.91 Å². The van der Waals surface area contributed by atoms with Crippen LogP contribution in [0.3, 0.4) is 0 Å². The summed E-state index contributed by atoms with van der Waals surface area (Å²) in [6, 6.07) is 9.04. The predicted molar refractivity (Wildman–Crippen MR) is 107 cm³/mol. The summed E-state index contributed by atoms with van der Waals surface area (Å²) in [4.78, 5) is 32.0. The van der Waals surface area contributed by atoms with Crippen LogP contribution in [0.5, 0.6) is 0 Å². The Kier molecular flexibility index (Phi) is 4.28. The van der Waals surface area contributed by atoms with Gasteiger partial charge in [0, 0.05) is 41.3 Å². The first-order chi connectivity index (χ1) is 13.6. The van der Waals surface area contributed by atoms with E-state index < -0.39 is 5.41 Å². The van der Waals surface area contributed by atoms with Gasteiger partial charge in [0.1, 0.15) is 5.82 Å². The van der Waals surface area contributed by atoms with Crippen LogP contribution >= 0.6 is 0 Å². The minimum absolute atomic E-state index is 0.352. The third-order valence-corrected chi connectivity index (χ3v) is 5.14. The van der Waals surface area contributed by atoms with Crippen molar-refractivity contribution in [3.8, 4) is 11.8 Å². The minimum Gasteiger partial charge on any atom is -0.373 e. The number of primary amides is 1. The lowest BCUT2D eigenvalue weighted by Crippen LogP contribution is -2.29. The Morgan fingerprint density at radius 3 is 2.57 bits per heavy atom. The molecule has 0 radical (unpaired) electrons. The molecule has 1 fully saturated rings. The summed E-state index contributed by atoms with van der Waals surface area (Å²) in [5, 5.41) is 4.70. The zero-order chi connectivity index (χ0) is 19.7.